The molecule has 0 fully saturated rings. The third-order valence-electron chi connectivity index (χ3n) is 1.64. The van der Waals surface area contributed by atoms with E-state index in [0.29, 0.717) is 0 Å². The molecule has 6 heteroatoms. The average molecular weight is 228 g/mol. The van der Waals surface area contributed by atoms with Crippen molar-refractivity contribution in [2.45, 2.75) is 12.8 Å². The highest BCUT2D eigenvalue weighted by Crippen LogP contribution is 2.09. The molecule has 0 amide bonds. The normalized spacial score (nSPS) is 12.0. The molecule has 2 N–H and O–H groups in total. The zero-order chi connectivity index (χ0) is 12.6. The maximum atomic E-state index is 10.6. The number of allylic oxidation sites excluding steroid dienone is 1. The zero-order valence-corrected chi connectivity index (χ0v) is 8.46. The predicted octanol–water partition coefficient (Wildman–Crippen LogP) is 0.795. The quantitative estimate of drug-likeness (QED) is 0.379. The summed E-state index contributed by atoms with van der Waals surface area (Å²) in [6.07, 6.45) is 2.75. The van der Waals surface area contributed by atoms with Crippen LogP contribution in [0.4, 0.5) is 0 Å². The summed E-state index contributed by atoms with van der Waals surface area (Å²) in [5.41, 5.74) is 0. The van der Waals surface area contributed by atoms with Crippen LogP contribution in [0.25, 0.3) is 0 Å². The lowest BCUT2D eigenvalue weighted by atomic mass is 10.0. The number of rotatable bonds is 7. The van der Waals surface area contributed by atoms with Crippen LogP contribution in [-0.2, 0) is 19.1 Å². The molecule has 0 aliphatic carbocycles. The molecule has 0 saturated carbocycles. The fourth-order valence-corrected chi connectivity index (χ4v) is 0.865. The van der Waals surface area contributed by atoms with Crippen molar-refractivity contribution in [3.63, 3.8) is 0 Å². The van der Waals surface area contributed by atoms with Gasteiger partial charge in [0, 0.05) is 6.08 Å². The Morgan fingerprint density at radius 3 is 2.38 bits per heavy atom. The number of carboxylic acid groups (broad SMARTS) is 2. The minimum Gasteiger partial charge on any atom is -0.481 e. The van der Waals surface area contributed by atoms with Gasteiger partial charge in [0.1, 0.15) is 0 Å². The average Bonchev–Trinajstić information content (AvgIpc) is 2.21. The van der Waals surface area contributed by atoms with Crippen molar-refractivity contribution in [2.75, 3.05) is 0 Å². The summed E-state index contributed by atoms with van der Waals surface area (Å²) in [6, 6.07) is 0. The van der Waals surface area contributed by atoms with E-state index < -0.39 is 30.2 Å². The van der Waals surface area contributed by atoms with Gasteiger partial charge in [0.15, 0.2) is 0 Å². The molecule has 0 saturated heterocycles. The van der Waals surface area contributed by atoms with E-state index >= 15 is 0 Å². The maximum Gasteiger partial charge on any atom is 0.334 e. The van der Waals surface area contributed by atoms with E-state index in [9.17, 15) is 14.4 Å². The highest BCUT2D eigenvalue weighted by molar-refractivity contribution is 5.81. The van der Waals surface area contributed by atoms with Crippen molar-refractivity contribution in [3.05, 3.63) is 25.0 Å². The standard InChI is InChI=1S/C10H12O6/c1-2-9(13)16-5-3-4-7(10(14)15)6-8(11)12/h2-3,5,7H,1,4,6H2,(H,11,12)(H,14,15). The van der Waals surface area contributed by atoms with Gasteiger partial charge in [-0.25, -0.2) is 4.79 Å². The summed E-state index contributed by atoms with van der Waals surface area (Å²) in [7, 11) is 0. The third-order valence-corrected chi connectivity index (χ3v) is 1.64. The zero-order valence-electron chi connectivity index (χ0n) is 8.46. The maximum absolute atomic E-state index is 10.6. The van der Waals surface area contributed by atoms with E-state index in [2.05, 4.69) is 11.3 Å². The van der Waals surface area contributed by atoms with Crippen LogP contribution in [0.2, 0.25) is 0 Å². The van der Waals surface area contributed by atoms with Crippen LogP contribution in [0.15, 0.2) is 25.0 Å². The first kappa shape index (κ1) is 13.9. The Balaban J connectivity index is 4.11. The van der Waals surface area contributed by atoms with Gasteiger partial charge in [-0.1, -0.05) is 6.58 Å². The number of hydrogen-bond acceptors (Lipinski definition) is 4. The molecule has 0 aromatic heterocycles. The van der Waals surface area contributed by atoms with Gasteiger partial charge >= 0.3 is 17.9 Å². The Labute approximate surface area is 91.8 Å². The summed E-state index contributed by atoms with van der Waals surface area (Å²) in [5, 5.41) is 17.1. The van der Waals surface area contributed by atoms with Crippen molar-refractivity contribution in [3.8, 4) is 0 Å². The Morgan fingerprint density at radius 2 is 1.94 bits per heavy atom. The van der Waals surface area contributed by atoms with Crippen molar-refractivity contribution in [2.24, 2.45) is 5.92 Å². The van der Waals surface area contributed by atoms with Gasteiger partial charge in [0.2, 0.25) is 0 Å². The molecular formula is C10H12O6. The number of carbonyl (C=O) groups excluding carboxylic acids is 1. The lowest BCUT2D eigenvalue weighted by molar-refractivity contribution is -0.148. The van der Waals surface area contributed by atoms with Crippen molar-refractivity contribution in [1.29, 1.82) is 0 Å². The summed E-state index contributed by atoms with van der Waals surface area (Å²) in [4.78, 5) is 31.5. The smallest absolute Gasteiger partial charge is 0.334 e. The van der Waals surface area contributed by atoms with Crippen LogP contribution in [0.1, 0.15) is 12.8 Å². The van der Waals surface area contributed by atoms with Crippen molar-refractivity contribution in [1.82, 2.24) is 0 Å². The Hall–Kier alpha value is -2.11. The summed E-state index contributed by atoms with van der Waals surface area (Å²) in [6.45, 7) is 3.16. The molecule has 0 heterocycles. The van der Waals surface area contributed by atoms with Crippen LogP contribution in [-0.4, -0.2) is 28.1 Å². The van der Waals surface area contributed by atoms with Gasteiger partial charge in [0.05, 0.1) is 18.6 Å². The minimum absolute atomic E-state index is 0.0218. The van der Waals surface area contributed by atoms with Crippen LogP contribution >= 0.6 is 0 Å². The van der Waals surface area contributed by atoms with E-state index in [1.165, 1.54) is 6.08 Å². The van der Waals surface area contributed by atoms with Crippen LogP contribution in [0.3, 0.4) is 0 Å². The van der Waals surface area contributed by atoms with E-state index in [1.807, 2.05) is 0 Å². The van der Waals surface area contributed by atoms with Crippen LogP contribution < -0.4 is 0 Å². The SMILES string of the molecule is C=CC(=O)OC=CCC(CC(=O)O)C(=O)O. The topological polar surface area (TPSA) is 101 Å². The molecule has 16 heavy (non-hydrogen) atoms. The first-order valence-electron chi connectivity index (χ1n) is 4.40. The number of carbonyl (C=O) groups is 3. The van der Waals surface area contributed by atoms with Crippen molar-refractivity contribution < 1.29 is 29.3 Å². The lowest BCUT2D eigenvalue weighted by Crippen LogP contribution is -2.17. The van der Waals surface area contributed by atoms with Gasteiger partial charge in [-0.3, -0.25) is 9.59 Å². The molecule has 1 unspecified atom stereocenters. The molecule has 0 aromatic carbocycles. The van der Waals surface area contributed by atoms with Gasteiger partial charge in [0.25, 0.3) is 0 Å². The number of esters is 1. The van der Waals surface area contributed by atoms with E-state index in [-0.39, 0.29) is 6.42 Å². The number of aliphatic carboxylic acids is 2. The van der Waals surface area contributed by atoms with Gasteiger partial charge < -0.3 is 14.9 Å². The van der Waals surface area contributed by atoms with E-state index in [4.69, 9.17) is 10.2 Å². The molecule has 0 radical (unpaired) electrons. The number of ether oxygens (including phenoxy) is 1. The molecule has 6 nitrogen and oxygen atoms in total. The molecular weight excluding hydrogens is 216 g/mol. The second kappa shape index (κ2) is 7.22. The highest BCUT2D eigenvalue weighted by atomic mass is 16.5. The fraction of sp³-hybridized carbons (Fsp3) is 0.300. The van der Waals surface area contributed by atoms with E-state index in [0.717, 1.165) is 12.3 Å². The van der Waals surface area contributed by atoms with E-state index in [1.54, 1.807) is 0 Å². The van der Waals surface area contributed by atoms with Gasteiger partial charge in [-0.15, -0.1) is 0 Å². The fourth-order valence-electron chi connectivity index (χ4n) is 0.865. The second-order valence-electron chi connectivity index (χ2n) is 2.88. The van der Waals surface area contributed by atoms with Gasteiger partial charge in [-0.05, 0) is 12.5 Å². The van der Waals surface area contributed by atoms with Crippen LogP contribution in [0.5, 0.6) is 0 Å². The van der Waals surface area contributed by atoms with Crippen molar-refractivity contribution >= 4 is 17.9 Å². The third kappa shape index (κ3) is 6.36. The molecule has 88 valence electrons. The molecule has 0 spiro atoms. The number of hydrogen-bond donors (Lipinski definition) is 2. The van der Waals surface area contributed by atoms with Gasteiger partial charge in [-0.2, -0.15) is 0 Å². The largest absolute Gasteiger partial charge is 0.481 e. The minimum atomic E-state index is -1.21. The molecule has 0 aliphatic heterocycles. The molecule has 0 rings (SSSR count). The molecule has 0 aromatic rings. The summed E-state index contributed by atoms with van der Waals surface area (Å²) in [5.74, 6) is -4.09. The Morgan fingerprint density at radius 1 is 1.31 bits per heavy atom. The molecule has 0 bridgehead atoms. The first-order valence-corrected chi connectivity index (χ1v) is 4.40. The number of carboxylic acids is 2. The second-order valence-corrected chi connectivity index (χ2v) is 2.88. The molecule has 1 atom stereocenters. The first-order chi connectivity index (χ1) is 7.47. The Bertz CT molecular complexity index is 317. The summed E-state index contributed by atoms with van der Waals surface area (Å²) >= 11 is 0. The Kier molecular flexibility index (Phi) is 6.27. The van der Waals surface area contributed by atoms with Crippen LogP contribution in [0, 0.1) is 5.92 Å². The molecule has 0 aliphatic rings. The predicted molar refractivity (Wildman–Crippen MR) is 53.4 cm³/mol. The highest BCUT2D eigenvalue weighted by Gasteiger charge is 2.19. The monoisotopic (exact) mass is 228 g/mol. The lowest BCUT2D eigenvalue weighted by Gasteiger charge is -2.05. The summed E-state index contributed by atoms with van der Waals surface area (Å²) < 4.78 is 4.45.